The Kier molecular flexibility index (Phi) is 11.5. The Morgan fingerprint density at radius 3 is 2.60 bits per heavy atom. The van der Waals surface area contributed by atoms with E-state index < -0.39 is 18.2 Å². The second-order valence-corrected chi connectivity index (χ2v) is 6.78. The van der Waals surface area contributed by atoms with Gasteiger partial charge in [0.2, 0.25) is 0 Å². The normalized spacial score (nSPS) is 25.2. The minimum absolute atomic E-state index is 0.165. The third kappa shape index (κ3) is 9.78. The summed E-state index contributed by atoms with van der Waals surface area (Å²) in [5.41, 5.74) is 0. The molecule has 0 aromatic carbocycles. The van der Waals surface area contributed by atoms with Gasteiger partial charge < -0.3 is 20.1 Å². The summed E-state index contributed by atoms with van der Waals surface area (Å²) in [6, 6.07) is 0. The number of rotatable bonds is 13. The highest BCUT2D eigenvalue weighted by Gasteiger charge is 2.36. The van der Waals surface area contributed by atoms with E-state index in [1.165, 1.54) is 19.3 Å². The number of carboxylic acids is 1. The molecule has 4 atom stereocenters. The van der Waals surface area contributed by atoms with Crippen molar-refractivity contribution < 1.29 is 24.9 Å². The molecule has 1 heterocycles. The van der Waals surface area contributed by atoms with Crippen molar-refractivity contribution in [1.29, 1.82) is 0 Å². The van der Waals surface area contributed by atoms with Gasteiger partial charge in [-0.1, -0.05) is 44.1 Å². The van der Waals surface area contributed by atoms with Crippen LogP contribution in [0.2, 0.25) is 0 Å². The van der Waals surface area contributed by atoms with Gasteiger partial charge in [0.05, 0.1) is 24.4 Å². The number of aliphatic hydroxyl groups excluding tert-OH is 2. The molecule has 1 aliphatic rings. The first kappa shape index (κ1) is 21.9. The zero-order chi connectivity index (χ0) is 18.5. The van der Waals surface area contributed by atoms with E-state index in [2.05, 4.69) is 19.1 Å². The quantitative estimate of drug-likeness (QED) is 0.347. The van der Waals surface area contributed by atoms with Crippen molar-refractivity contribution in [2.45, 2.75) is 95.5 Å². The van der Waals surface area contributed by atoms with Gasteiger partial charge >= 0.3 is 5.97 Å². The number of carboxylic acid groups (broad SMARTS) is 1. The minimum Gasteiger partial charge on any atom is -0.481 e. The zero-order valence-electron chi connectivity index (χ0n) is 15.3. The maximum absolute atomic E-state index is 10.4. The summed E-state index contributed by atoms with van der Waals surface area (Å²) >= 11 is 0. The van der Waals surface area contributed by atoms with E-state index in [9.17, 15) is 15.0 Å². The van der Waals surface area contributed by atoms with Crippen LogP contribution in [0.5, 0.6) is 0 Å². The highest BCUT2D eigenvalue weighted by atomic mass is 16.5. The molecule has 1 aliphatic heterocycles. The molecule has 3 N–H and O–H groups in total. The Morgan fingerprint density at radius 2 is 1.88 bits per heavy atom. The van der Waals surface area contributed by atoms with Gasteiger partial charge in [0.1, 0.15) is 0 Å². The maximum Gasteiger partial charge on any atom is 0.303 e. The molecule has 1 saturated heterocycles. The average molecular weight is 354 g/mol. The minimum atomic E-state index is -0.785. The molecule has 0 unspecified atom stereocenters. The Bertz CT molecular complexity index is 418. The van der Waals surface area contributed by atoms with E-state index in [1.807, 2.05) is 12.2 Å². The van der Waals surface area contributed by atoms with Crippen LogP contribution in [0, 0.1) is 0 Å². The molecule has 0 saturated carbocycles. The van der Waals surface area contributed by atoms with Crippen molar-refractivity contribution in [3.63, 3.8) is 0 Å². The third-order valence-electron chi connectivity index (χ3n) is 4.50. The Labute approximate surface area is 151 Å². The molecule has 5 heteroatoms. The first-order valence-electron chi connectivity index (χ1n) is 9.58. The van der Waals surface area contributed by atoms with Gasteiger partial charge in [-0.15, -0.1) is 0 Å². The van der Waals surface area contributed by atoms with E-state index in [0.717, 1.165) is 6.42 Å². The lowest BCUT2D eigenvalue weighted by Crippen LogP contribution is -2.25. The highest BCUT2D eigenvalue weighted by Crippen LogP contribution is 2.26. The summed E-state index contributed by atoms with van der Waals surface area (Å²) in [6.45, 7) is 2.18. The van der Waals surface area contributed by atoms with Crippen LogP contribution >= 0.6 is 0 Å². The lowest BCUT2D eigenvalue weighted by molar-refractivity contribution is -0.137. The van der Waals surface area contributed by atoms with Crippen molar-refractivity contribution in [2.75, 3.05) is 0 Å². The van der Waals surface area contributed by atoms with Gasteiger partial charge in [0, 0.05) is 12.8 Å². The molecule has 0 bridgehead atoms. The van der Waals surface area contributed by atoms with E-state index in [-0.39, 0.29) is 18.6 Å². The molecule has 0 aliphatic carbocycles. The Hall–Kier alpha value is -1.17. The fraction of sp³-hybridized carbons (Fsp3) is 0.750. The molecule has 0 aromatic rings. The number of unbranched alkanes of at least 4 members (excludes halogenated alkanes) is 4. The van der Waals surface area contributed by atoms with Gasteiger partial charge in [-0.25, -0.2) is 0 Å². The van der Waals surface area contributed by atoms with Gasteiger partial charge in [-0.05, 0) is 38.5 Å². The number of aliphatic carboxylic acids is 1. The summed E-state index contributed by atoms with van der Waals surface area (Å²) in [4.78, 5) is 10.4. The average Bonchev–Trinajstić information content (AvgIpc) is 2.94. The van der Waals surface area contributed by atoms with Crippen molar-refractivity contribution in [1.82, 2.24) is 0 Å². The smallest absolute Gasteiger partial charge is 0.303 e. The van der Waals surface area contributed by atoms with Crippen LogP contribution in [-0.2, 0) is 9.53 Å². The van der Waals surface area contributed by atoms with Gasteiger partial charge in [-0.2, -0.15) is 0 Å². The predicted molar refractivity (Wildman–Crippen MR) is 98.4 cm³/mol. The molecule has 144 valence electrons. The SMILES string of the molecule is CCCCC/C=C\C[C@H]1O[C@H]([C@H](O)C/C=C\CCCC(=O)O)C[C@@H]1O. The first-order valence-corrected chi connectivity index (χ1v) is 9.58. The number of hydrogen-bond acceptors (Lipinski definition) is 4. The predicted octanol–water partition coefficient (Wildman–Crippen LogP) is 3.59. The Balaban J connectivity index is 2.22. The van der Waals surface area contributed by atoms with E-state index in [0.29, 0.717) is 32.1 Å². The second-order valence-electron chi connectivity index (χ2n) is 6.78. The van der Waals surface area contributed by atoms with Crippen LogP contribution in [-0.4, -0.2) is 45.7 Å². The molecule has 0 spiro atoms. The van der Waals surface area contributed by atoms with Crippen LogP contribution in [0.15, 0.2) is 24.3 Å². The van der Waals surface area contributed by atoms with Gasteiger partial charge in [-0.3, -0.25) is 4.79 Å². The van der Waals surface area contributed by atoms with Crippen LogP contribution in [0.4, 0.5) is 0 Å². The summed E-state index contributed by atoms with van der Waals surface area (Å²) in [5, 5.41) is 28.9. The van der Waals surface area contributed by atoms with Crippen molar-refractivity contribution in [3.8, 4) is 0 Å². The molecular weight excluding hydrogens is 320 g/mol. The van der Waals surface area contributed by atoms with Gasteiger partial charge in [0.15, 0.2) is 0 Å². The van der Waals surface area contributed by atoms with Crippen molar-refractivity contribution in [3.05, 3.63) is 24.3 Å². The monoisotopic (exact) mass is 354 g/mol. The number of carbonyl (C=O) groups is 1. The summed E-state index contributed by atoms with van der Waals surface area (Å²) < 4.78 is 5.81. The largest absolute Gasteiger partial charge is 0.481 e. The third-order valence-corrected chi connectivity index (χ3v) is 4.50. The van der Waals surface area contributed by atoms with E-state index >= 15 is 0 Å². The van der Waals surface area contributed by atoms with Crippen LogP contribution in [0.3, 0.4) is 0 Å². The molecule has 0 aromatic heterocycles. The van der Waals surface area contributed by atoms with Crippen LogP contribution in [0.1, 0.15) is 71.1 Å². The highest BCUT2D eigenvalue weighted by molar-refractivity contribution is 5.66. The number of aliphatic hydroxyl groups is 2. The second kappa shape index (κ2) is 13.1. The van der Waals surface area contributed by atoms with E-state index in [1.54, 1.807) is 0 Å². The fourth-order valence-electron chi connectivity index (χ4n) is 2.96. The molecular formula is C20H34O5. The molecule has 1 rings (SSSR count). The summed E-state index contributed by atoms with van der Waals surface area (Å²) in [5.74, 6) is -0.785. The van der Waals surface area contributed by atoms with Crippen molar-refractivity contribution in [2.24, 2.45) is 0 Å². The molecule has 0 radical (unpaired) electrons. The van der Waals surface area contributed by atoms with Crippen LogP contribution in [0.25, 0.3) is 0 Å². The standard InChI is InChI=1S/C20H34O5/c1-2-3-4-5-6-10-13-18-17(22)15-19(25-18)16(21)12-9-7-8-11-14-20(23)24/h6-7,9-10,16-19,21-22H,2-5,8,11-15H2,1H3,(H,23,24)/b9-7-,10-6-/t16-,17+,18-,19+/m1/s1. The molecule has 1 fully saturated rings. The summed E-state index contributed by atoms with van der Waals surface area (Å²) in [6.07, 6.45) is 14.0. The summed E-state index contributed by atoms with van der Waals surface area (Å²) in [7, 11) is 0. The molecule has 25 heavy (non-hydrogen) atoms. The number of ether oxygens (including phenoxy) is 1. The fourth-order valence-corrected chi connectivity index (χ4v) is 2.96. The van der Waals surface area contributed by atoms with Crippen LogP contribution < -0.4 is 0 Å². The van der Waals surface area contributed by atoms with E-state index in [4.69, 9.17) is 9.84 Å². The lowest BCUT2D eigenvalue weighted by atomic mass is 10.0. The first-order chi connectivity index (χ1) is 12.0. The van der Waals surface area contributed by atoms with Crippen molar-refractivity contribution >= 4 is 5.97 Å². The zero-order valence-corrected chi connectivity index (χ0v) is 15.3. The molecule has 0 amide bonds. The number of hydrogen-bond donors (Lipinski definition) is 3. The number of allylic oxidation sites excluding steroid dienone is 2. The maximum atomic E-state index is 10.4. The van der Waals surface area contributed by atoms with Gasteiger partial charge in [0.25, 0.3) is 0 Å². The topological polar surface area (TPSA) is 87.0 Å². The Morgan fingerprint density at radius 1 is 1.16 bits per heavy atom. The molecule has 5 nitrogen and oxygen atoms in total. The lowest BCUT2D eigenvalue weighted by Gasteiger charge is -2.17.